The molecule has 0 atom stereocenters. The van der Waals surface area contributed by atoms with Crippen molar-refractivity contribution in [3.05, 3.63) is 59.6 Å². The van der Waals surface area contributed by atoms with Crippen LogP contribution in [0.5, 0.6) is 0 Å². The summed E-state index contributed by atoms with van der Waals surface area (Å²) in [5.41, 5.74) is 2.72. The normalized spacial score (nSPS) is 16.9. The lowest BCUT2D eigenvalue weighted by Crippen LogP contribution is -2.49. The molecule has 0 N–H and O–H groups in total. The number of pyridine rings is 1. The molecule has 1 aromatic carbocycles. The summed E-state index contributed by atoms with van der Waals surface area (Å²) in [6.45, 7) is 4.90. The van der Waals surface area contributed by atoms with Crippen molar-refractivity contribution in [1.29, 1.82) is 0 Å². The van der Waals surface area contributed by atoms with Gasteiger partial charge in [-0.2, -0.15) is 4.98 Å². The quantitative estimate of drug-likeness (QED) is 0.682. The molecule has 3 heterocycles. The molecule has 2 fully saturated rings. The van der Waals surface area contributed by atoms with Crippen molar-refractivity contribution < 1.29 is 9.32 Å². The van der Waals surface area contributed by atoms with Crippen LogP contribution in [-0.4, -0.2) is 52.1 Å². The summed E-state index contributed by atoms with van der Waals surface area (Å²) in [6.07, 6.45) is 4.06. The molecule has 29 heavy (non-hydrogen) atoms. The highest BCUT2D eigenvalue weighted by Gasteiger charge is 2.30. The number of piperazine rings is 1. The third-order valence-electron chi connectivity index (χ3n) is 5.53. The lowest BCUT2D eigenvalue weighted by molar-refractivity contribution is 0.0746. The predicted molar refractivity (Wildman–Crippen MR) is 109 cm³/mol. The summed E-state index contributed by atoms with van der Waals surface area (Å²) in [4.78, 5) is 25.9. The number of aromatic nitrogens is 3. The molecule has 7 nitrogen and oxygen atoms in total. The van der Waals surface area contributed by atoms with E-state index in [1.807, 2.05) is 48.2 Å². The number of benzene rings is 1. The molecule has 2 aliphatic rings. The van der Waals surface area contributed by atoms with Gasteiger partial charge in [0.15, 0.2) is 0 Å². The van der Waals surface area contributed by atoms with Crippen LogP contribution in [0.3, 0.4) is 0 Å². The molecular formula is C22H23N5O2. The number of aryl methyl sites for hydroxylation is 1. The van der Waals surface area contributed by atoms with Crippen molar-refractivity contribution in [2.75, 3.05) is 31.1 Å². The summed E-state index contributed by atoms with van der Waals surface area (Å²) in [5, 5.41) is 4.07. The van der Waals surface area contributed by atoms with Crippen molar-refractivity contribution in [3.8, 4) is 11.4 Å². The third kappa shape index (κ3) is 3.72. The molecule has 0 unspecified atom stereocenters. The number of carbonyl (C=O) groups is 1. The average molecular weight is 389 g/mol. The van der Waals surface area contributed by atoms with E-state index in [4.69, 9.17) is 4.52 Å². The molecule has 3 aromatic rings. The van der Waals surface area contributed by atoms with Gasteiger partial charge >= 0.3 is 0 Å². The van der Waals surface area contributed by atoms with Gasteiger partial charge in [-0.3, -0.25) is 4.79 Å². The van der Waals surface area contributed by atoms with E-state index < -0.39 is 0 Å². The average Bonchev–Trinajstić information content (AvgIpc) is 3.50. The number of amides is 1. The van der Waals surface area contributed by atoms with Crippen molar-refractivity contribution in [2.45, 2.75) is 25.7 Å². The van der Waals surface area contributed by atoms with E-state index >= 15 is 0 Å². The first-order chi connectivity index (χ1) is 14.2. The van der Waals surface area contributed by atoms with Gasteiger partial charge in [0.25, 0.3) is 5.91 Å². The molecule has 1 aliphatic heterocycles. The summed E-state index contributed by atoms with van der Waals surface area (Å²) in [6, 6.07) is 11.7. The van der Waals surface area contributed by atoms with Gasteiger partial charge in [0.05, 0.1) is 0 Å². The molecule has 148 valence electrons. The number of rotatable bonds is 4. The van der Waals surface area contributed by atoms with E-state index in [9.17, 15) is 4.79 Å². The van der Waals surface area contributed by atoms with Crippen LogP contribution in [0.4, 0.5) is 5.82 Å². The van der Waals surface area contributed by atoms with Gasteiger partial charge in [-0.1, -0.05) is 22.9 Å². The molecule has 1 saturated heterocycles. The van der Waals surface area contributed by atoms with Crippen LogP contribution >= 0.6 is 0 Å². The maximum atomic E-state index is 12.7. The van der Waals surface area contributed by atoms with E-state index in [0.29, 0.717) is 24.8 Å². The lowest BCUT2D eigenvalue weighted by atomic mass is 10.1. The Bertz CT molecular complexity index is 1020. The highest BCUT2D eigenvalue weighted by Crippen LogP contribution is 2.39. The topological polar surface area (TPSA) is 75.4 Å². The van der Waals surface area contributed by atoms with E-state index in [2.05, 4.69) is 20.0 Å². The zero-order valence-electron chi connectivity index (χ0n) is 16.4. The second kappa shape index (κ2) is 7.31. The maximum Gasteiger partial charge on any atom is 0.253 e. The fraction of sp³-hybridized carbons (Fsp3) is 0.364. The van der Waals surface area contributed by atoms with E-state index in [-0.39, 0.29) is 5.91 Å². The summed E-state index contributed by atoms with van der Waals surface area (Å²) < 4.78 is 5.33. The Morgan fingerprint density at radius 3 is 2.62 bits per heavy atom. The molecule has 2 aromatic heterocycles. The Morgan fingerprint density at radius 1 is 1.10 bits per heavy atom. The summed E-state index contributed by atoms with van der Waals surface area (Å²) in [7, 11) is 0. The minimum atomic E-state index is 0.0974. The van der Waals surface area contributed by atoms with Crippen LogP contribution in [0.15, 0.2) is 47.1 Å². The number of nitrogens with zero attached hydrogens (tertiary/aromatic N) is 5. The monoisotopic (exact) mass is 389 g/mol. The maximum absolute atomic E-state index is 12.7. The number of carbonyl (C=O) groups excluding carboxylic acids is 1. The van der Waals surface area contributed by atoms with Crippen molar-refractivity contribution in [2.24, 2.45) is 0 Å². The first-order valence-electron chi connectivity index (χ1n) is 10.1. The molecular weight excluding hydrogens is 366 g/mol. The van der Waals surface area contributed by atoms with Crippen molar-refractivity contribution >= 4 is 11.7 Å². The van der Waals surface area contributed by atoms with Crippen LogP contribution < -0.4 is 4.90 Å². The van der Waals surface area contributed by atoms with Crippen LogP contribution in [-0.2, 0) is 0 Å². The number of anilines is 1. The second-order valence-corrected chi connectivity index (χ2v) is 7.78. The van der Waals surface area contributed by atoms with E-state index in [0.717, 1.165) is 54.3 Å². The van der Waals surface area contributed by atoms with Gasteiger partial charge < -0.3 is 14.3 Å². The summed E-state index contributed by atoms with van der Waals surface area (Å²) >= 11 is 0. The largest absolute Gasteiger partial charge is 0.353 e. The SMILES string of the molecule is Cc1cccc(C(=O)N2CCN(c3ccc(-c4noc(C5CC5)n4)cn3)CC2)c1. The molecule has 0 spiro atoms. The third-order valence-corrected chi connectivity index (χ3v) is 5.53. The molecule has 0 bridgehead atoms. The number of hydrogen-bond acceptors (Lipinski definition) is 6. The van der Waals surface area contributed by atoms with Gasteiger partial charge in [0, 0.05) is 49.4 Å². The van der Waals surface area contributed by atoms with Gasteiger partial charge in [0.1, 0.15) is 5.82 Å². The van der Waals surface area contributed by atoms with Crippen LogP contribution in [0, 0.1) is 6.92 Å². The van der Waals surface area contributed by atoms with Crippen LogP contribution in [0.25, 0.3) is 11.4 Å². The summed E-state index contributed by atoms with van der Waals surface area (Å²) in [5.74, 6) is 2.78. The van der Waals surface area contributed by atoms with Gasteiger partial charge in [-0.05, 0) is 44.0 Å². The lowest BCUT2D eigenvalue weighted by Gasteiger charge is -2.35. The molecule has 1 aliphatic carbocycles. The predicted octanol–water partition coefficient (Wildman–Crippen LogP) is 3.28. The van der Waals surface area contributed by atoms with Crippen molar-refractivity contribution in [3.63, 3.8) is 0 Å². The zero-order chi connectivity index (χ0) is 19.8. The first kappa shape index (κ1) is 17.8. The highest BCUT2D eigenvalue weighted by atomic mass is 16.5. The smallest absolute Gasteiger partial charge is 0.253 e. The Labute approximate surface area is 169 Å². The Kier molecular flexibility index (Phi) is 4.50. The van der Waals surface area contributed by atoms with Crippen LogP contribution in [0.1, 0.15) is 40.6 Å². The van der Waals surface area contributed by atoms with E-state index in [1.165, 1.54) is 0 Å². The highest BCUT2D eigenvalue weighted by molar-refractivity contribution is 5.94. The van der Waals surface area contributed by atoms with E-state index in [1.54, 1.807) is 6.20 Å². The van der Waals surface area contributed by atoms with Gasteiger partial charge in [0.2, 0.25) is 11.7 Å². The molecule has 1 amide bonds. The molecule has 0 radical (unpaired) electrons. The van der Waals surface area contributed by atoms with Crippen LogP contribution in [0.2, 0.25) is 0 Å². The standard InChI is InChI=1S/C22H23N5O2/c1-15-3-2-4-17(13-15)22(28)27-11-9-26(10-12-27)19-8-7-18(14-23-19)20-24-21(29-25-20)16-5-6-16/h2-4,7-8,13-14,16H,5-6,9-12H2,1H3. The first-order valence-corrected chi connectivity index (χ1v) is 10.1. The van der Waals surface area contributed by atoms with Gasteiger partial charge in [-0.15, -0.1) is 0 Å². The number of hydrogen-bond donors (Lipinski definition) is 0. The molecule has 1 saturated carbocycles. The fourth-order valence-corrected chi connectivity index (χ4v) is 3.65. The Hall–Kier alpha value is -3.22. The van der Waals surface area contributed by atoms with Gasteiger partial charge in [-0.25, -0.2) is 4.98 Å². The minimum Gasteiger partial charge on any atom is -0.353 e. The molecule has 7 heteroatoms. The fourth-order valence-electron chi connectivity index (χ4n) is 3.65. The molecule has 5 rings (SSSR count). The Balaban J connectivity index is 1.22. The zero-order valence-corrected chi connectivity index (χ0v) is 16.4. The second-order valence-electron chi connectivity index (χ2n) is 7.78. The van der Waals surface area contributed by atoms with Crippen molar-refractivity contribution in [1.82, 2.24) is 20.0 Å². The minimum absolute atomic E-state index is 0.0974. The Morgan fingerprint density at radius 2 is 1.93 bits per heavy atom.